The Morgan fingerprint density at radius 1 is 1.37 bits per heavy atom. The van der Waals surface area contributed by atoms with Gasteiger partial charge in [0.1, 0.15) is 0 Å². The average molecular weight is 260 g/mol. The van der Waals surface area contributed by atoms with E-state index in [1.807, 2.05) is 11.5 Å². The Bertz CT molecular complexity index is 742. The van der Waals surface area contributed by atoms with Gasteiger partial charge in [0.15, 0.2) is 11.2 Å². The first-order valence-electron chi connectivity index (χ1n) is 6.57. The van der Waals surface area contributed by atoms with Crippen LogP contribution in [0, 0.1) is 0 Å². The van der Waals surface area contributed by atoms with Gasteiger partial charge in [0.25, 0.3) is 5.56 Å². The standard InChI is InChI=1S/C13H16N4O2/c1-2-7-16-12(18)10-11(15-13(16)19)14-8-17(10)9-5-3-4-6-9/h3-4,8-9H,2,5-7H2,1H3,(H,15,19). The first-order chi connectivity index (χ1) is 9.22. The van der Waals surface area contributed by atoms with Crippen LogP contribution < -0.4 is 11.2 Å². The number of aromatic nitrogens is 4. The van der Waals surface area contributed by atoms with Gasteiger partial charge < -0.3 is 4.57 Å². The molecule has 0 aromatic carbocycles. The van der Waals surface area contributed by atoms with Crippen LogP contribution in [0.15, 0.2) is 28.1 Å². The lowest BCUT2D eigenvalue weighted by Gasteiger charge is -2.12. The van der Waals surface area contributed by atoms with Crippen molar-refractivity contribution in [1.29, 1.82) is 0 Å². The molecule has 6 nitrogen and oxygen atoms in total. The number of H-pyrrole nitrogens is 1. The minimum atomic E-state index is -0.380. The fraction of sp³-hybridized carbons (Fsp3) is 0.462. The third-order valence-electron chi connectivity index (χ3n) is 3.54. The summed E-state index contributed by atoms with van der Waals surface area (Å²) in [6.07, 6.45) is 8.40. The summed E-state index contributed by atoms with van der Waals surface area (Å²) in [6.45, 7) is 2.37. The van der Waals surface area contributed by atoms with E-state index in [9.17, 15) is 9.59 Å². The SMILES string of the molecule is CCCn1c(=O)[nH]c2ncn(C3CC=CC3)c2c1=O. The van der Waals surface area contributed by atoms with Gasteiger partial charge in [-0.15, -0.1) is 0 Å². The molecular formula is C13H16N4O2. The normalized spacial score (nSPS) is 15.6. The summed E-state index contributed by atoms with van der Waals surface area (Å²) in [5.41, 5.74) is 0.259. The molecule has 0 bridgehead atoms. The van der Waals surface area contributed by atoms with Gasteiger partial charge in [0, 0.05) is 12.6 Å². The third kappa shape index (κ3) is 1.83. The summed E-state index contributed by atoms with van der Waals surface area (Å²) < 4.78 is 3.14. The summed E-state index contributed by atoms with van der Waals surface area (Å²) in [5, 5.41) is 0. The molecule has 3 rings (SSSR count). The lowest BCUT2D eigenvalue weighted by molar-refractivity contribution is 0.544. The Balaban J connectivity index is 2.23. The van der Waals surface area contributed by atoms with E-state index in [1.54, 1.807) is 6.33 Å². The van der Waals surface area contributed by atoms with Crippen molar-refractivity contribution in [1.82, 2.24) is 19.1 Å². The molecule has 1 aliphatic rings. The van der Waals surface area contributed by atoms with E-state index < -0.39 is 0 Å². The van der Waals surface area contributed by atoms with Crippen molar-refractivity contribution in [3.8, 4) is 0 Å². The number of imidazole rings is 1. The number of fused-ring (bicyclic) bond motifs is 1. The van der Waals surface area contributed by atoms with Crippen molar-refractivity contribution < 1.29 is 0 Å². The van der Waals surface area contributed by atoms with Crippen LogP contribution in [0.2, 0.25) is 0 Å². The molecule has 1 N–H and O–H groups in total. The van der Waals surface area contributed by atoms with Crippen molar-refractivity contribution in [2.24, 2.45) is 0 Å². The zero-order chi connectivity index (χ0) is 13.4. The molecule has 19 heavy (non-hydrogen) atoms. The largest absolute Gasteiger partial charge is 0.330 e. The van der Waals surface area contributed by atoms with Gasteiger partial charge in [-0.25, -0.2) is 9.78 Å². The summed E-state index contributed by atoms with van der Waals surface area (Å²) >= 11 is 0. The molecule has 1 aliphatic carbocycles. The van der Waals surface area contributed by atoms with Gasteiger partial charge in [-0.05, 0) is 19.3 Å². The van der Waals surface area contributed by atoms with E-state index >= 15 is 0 Å². The molecule has 0 atom stereocenters. The van der Waals surface area contributed by atoms with E-state index in [1.165, 1.54) is 4.57 Å². The summed E-state index contributed by atoms with van der Waals surface area (Å²) in [7, 11) is 0. The number of hydrogen-bond donors (Lipinski definition) is 1. The number of allylic oxidation sites excluding steroid dienone is 2. The van der Waals surface area contributed by atoms with Crippen molar-refractivity contribution in [3.05, 3.63) is 39.3 Å². The molecule has 0 aliphatic heterocycles. The van der Waals surface area contributed by atoms with Crippen LogP contribution in [0.25, 0.3) is 11.2 Å². The Labute approximate surface area is 109 Å². The Kier molecular flexibility index (Phi) is 2.85. The molecular weight excluding hydrogens is 244 g/mol. The first kappa shape index (κ1) is 12.0. The quantitative estimate of drug-likeness (QED) is 0.842. The van der Waals surface area contributed by atoms with E-state index in [-0.39, 0.29) is 17.3 Å². The van der Waals surface area contributed by atoms with Gasteiger partial charge in [-0.3, -0.25) is 14.3 Å². The minimum Gasteiger partial charge on any atom is -0.321 e. The minimum absolute atomic E-state index is 0.235. The van der Waals surface area contributed by atoms with Gasteiger partial charge in [-0.2, -0.15) is 0 Å². The van der Waals surface area contributed by atoms with Crippen LogP contribution in [-0.2, 0) is 6.54 Å². The molecule has 2 aromatic rings. The molecule has 2 aromatic heterocycles. The van der Waals surface area contributed by atoms with Gasteiger partial charge >= 0.3 is 5.69 Å². The van der Waals surface area contributed by atoms with E-state index in [0.717, 1.165) is 19.3 Å². The zero-order valence-electron chi connectivity index (χ0n) is 10.8. The van der Waals surface area contributed by atoms with Crippen molar-refractivity contribution in [2.75, 3.05) is 0 Å². The zero-order valence-corrected chi connectivity index (χ0v) is 10.8. The monoisotopic (exact) mass is 260 g/mol. The Morgan fingerprint density at radius 2 is 2.11 bits per heavy atom. The second kappa shape index (κ2) is 4.53. The Hall–Kier alpha value is -2.11. The number of aromatic amines is 1. The van der Waals surface area contributed by atoms with Gasteiger partial charge in [0.2, 0.25) is 0 Å². The molecule has 0 unspecified atom stereocenters. The third-order valence-corrected chi connectivity index (χ3v) is 3.54. The first-order valence-corrected chi connectivity index (χ1v) is 6.57. The van der Waals surface area contributed by atoms with Crippen LogP contribution in [0.1, 0.15) is 32.2 Å². The maximum absolute atomic E-state index is 12.4. The highest BCUT2D eigenvalue weighted by molar-refractivity contribution is 5.69. The lowest BCUT2D eigenvalue weighted by Crippen LogP contribution is -2.35. The fourth-order valence-corrected chi connectivity index (χ4v) is 2.59. The molecule has 0 fully saturated rings. The van der Waals surface area contributed by atoms with E-state index in [2.05, 4.69) is 22.1 Å². The maximum Gasteiger partial charge on any atom is 0.330 e. The highest BCUT2D eigenvalue weighted by atomic mass is 16.2. The average Bonchev–Trinajstić information content (AvgIpc) is 3.02. The fourth-order valence-electron chi connectivity index (χ4n) is 2.59. The predicted molar refractivity (Wildman–Crippen MR) is 72.3 cm³/mol. The van der Waals surface area contributed by atoms with Crippen LogP contribution in [0.5, 0.6) is 0 Å². The number of nitrogens with one attached hydrogen (secondary N) is 1. The smallest absolute Gasteiger partial charge is 0.321 e. The topological polar surface area (TPSA) is 72.7 Å². The van der Waals surface area contributed by atoms with E-state index in [0.29, 0.717) is 17.7 Å². The second-order valence-corrected chi connectivity index (χ2v) is 4.83. The number of hydrogen-bond acceptors (Lipinski definition) is 3. The molecule has 0 amide bonds. The summed E-state index contributed by atoms with van der Waals surface area (Å²) in [6, 6.07) is 0.235. The highest BCUT2D eigenvalue weighted by Gasteiger charge is 2.19. The number of rotatable bonds is 3. The molecule has 2 heterocycles. The van der Waals surface area contributed by atoms with Gasteiger partial charge in [-0.1, -0.05) is 19.1 Å². The maximum atomic E-state index is 12.4. The van der Waals surface area contributed by atoms with Gasteiger partial charge in [0.05, 0.1) is 6.33 Å². The van der Waals surface area contributed by atoms with Crippen molar-refractivity contribution in [2.45, 2.75) is 38.8 Å². The van der Waals surface area contributed by atoms with Crippen LogP contribution in [0.3, 0.4) is 0 Å². The van der Waals surface area contributed by atoms with Crippen LogP contribution in [0.4, 0.5) is 0 Å². The summed E-state index contributed by atoms with van der Waals surface area (Å²) in [4.78, 5) is 31.1. The second-order valence-electron chi connectivity index (χ2n) is 4.83. The number of nitrogens with zero attached hydrogens (tertiary/aromatic N) is 3. The summed E-state index contributed by atoms with van der Waals surface area (Å²) in [5.74, 6) is 0. The highest BCUT2D eigenvalue weighted by Crippen LogP contribution is 2.25. The van der Waals surface area contributed by atoms with Crippen molar-refractivity contribution in [3.63, 3.8) is 0 Å². The molecule has 100 valence electrons. The lowest BCUT2D eigenvalue weighted by atomic mass is 10.2. The molecule has 0 spiro atoms. The molecule has 0 radical (unpaired) electrons. The Morgan fingerprint density at radius 3 is 2.79 bits per heavy atom. The van der Waals surface area contributed by atoms with Crippen molar-refractivity contribution >= 4 is 11.2 Å². The molecule has 6 heteroatoms. The molecule has 0 saturated carbocycles. The predicted octanol–water partition coefficient (Wildman–Crippen LogP) is 1.19. The van der Waals surface area contributed by atoms with Crippen LogP contribution >= 0.6 is 0 Å². The van der Waals surface area contributed by atoms with E-state index in [4.69, 9.17) is 0 Å². The molecule has 0 saturated heterocycles. The van der Waals surface area contributed by atoms with Crippen LogP contribution in [-0.4, -0.2) is 19.1 Å².